The Morgan fingerprint density at radius 2 is 2.06 bits per heavy atom. The summed E-state index contributed by atoms with van der Waals surface area (Å²) >= 11 is 0. The van der Waals surface area contributed by atoms with E-state index in [4.69, 9.17) is 5.11 Å². The third-order valence-electron chi connectivity index (χ3n) is 2.62. The molecule has 0 spiro atoms. The molecular formula is C12H24N2O3. The van der Waals surface area contributed by atoms with Crippen LogP contribution in [0, 0.1) is 11.3 Å². The summed E-state index contributed by atoms with van der Waals surface area (Å²) in [6.07, 6.45) is 1.49. The summed E-state index contributed by atoms with van der Waals surface area (Å²) in [7, 11) is 0. The predicted molar refractivity (Wildman–Crippen MR) is 66.6 cm³/mol. The topological polar surface area (TPSA) is 78.4 Å². The number of amides is 1. The minimum absolute atomic E-state index is 0.00145. The zero-order valence-corrected chi connectivity index (χ0v) is 11.0. The van der Waals surface area contributed by atoms with E-state index in [1.165, 1.54) is 0 Å². The van der Waals surface area contributed by atoms with Gasteiger partial charge in [-0.1, -0.05) is 20.8 Å². The first-order valence-electron chi connectivity index (χ1n) is 6.01. The number of aliphatic hydroxyl groups excluding tert-OH is 1. The molecule has 0 rings (SSSR count). The fraction of sp³-hybridized carbons (Fsp3) is 0.833. The maximum Gasteiger partial charge on any atom is 0.222 e. The Hall–Kier alpha value is -0.940. The van der Waals surface area contributed by atoms with Gasteiger partial charge in [-0.05, 0) is 6.42 Å². The molecule has 0 aliphatic rings. The average molecular weight is 244 g/mol. The number of aliphatic hydroxyl groups is 1. The van der Waals surface area contributed by atoms with Gasteiger partial charge in [-0.15, -0.1) is 0 Å². The molecular weight excluding hydrogens is 220 g/mol. The van der Waals surface area contributed by atoms with E-state index >= 15 is 0 Å². The van der Waals surface area contributed by atoms with E-state index in [2.05, 4.69) is 10.6 Å². The van der Waals surface area contributed by atoms with Gasteiger partial charge in [0.1, 0.15) is 6.29 Å². The molecule has 0 saturated carbocycles. The zero-order valence-electron chi connectivity index (χ0n) is 11.0. The molecule has 0 aromatic rings. The first kappa shape index (κ1) is 16.1. The summed E-state index contributed by atoms with van der Waals surface area (Å²) in [6.45, 7) is 7.03. The highest BCUT2D eigenvalue weighted by Gasteiger charge is 2.23. The molecule has 1 amide bonds. The van der Waals surface area contributed by atoms with Crippen LogP contribution in [0.2, 0.25) is 0 Å². The van der Waals surface area contributed by atoms with E-state index in [1.54, 1.807) is 0 Å². The summed E-state index contributed by atoms with van der Waals surface area (Å²) < 4.78 is 0. The molecule has 0 fully saturated rings. The van der Waals surface area contributed by atoms with Crippen LogP contribution in [0.15, 0.2) is 0 Å². The third kappa shape index (κ3) is 7.07. The molecule has 0 aliphatic carbocycles. The zero-order chi connectivity index (χ0) is 13.3. The van der Waals surface area contributed by atoms with Gasteiger partial charge < -0.3 is 20.5 Å². The normalized spacial score (nSPS) is 14.4. The number of hydrogen-bond donors (Lipinski definition) is 3. The van der Waals surface area contributed by atoms with Crippen molar-refractivity contribution in [1.82, 2.24) is 10.6 Å². The number of carbonyl (C=O) groups excluding carboxylic acids is 2. The summed E-state index contributed by atoms with van der Waals surface area (Å²) in [4.78, 5) is 22.3. The summed E-state index contributed by atoms with van der Waals surface area (Å²) in [5.74, 6) is -0.0356. The van der Waals surface area contributed by atoms with Gasteiger partial charge in [-0.2, -0.15) is 0 Å². The van der Waals surface area contributed by atoms with Gasteiger partial charge in [0.15, 0.2) is 0 Å². The lowest BCUT2D eigenvalue weighted by atomic mass is 9.88. The van der Waals surface area contributed by atoms with E-state index < -0.39 is 5.41 Å². The molecule has 0 saturated heterocycles. The lowest BCUT2D eigenvalue weighted by molar-refractivity contribution is -0.124. The van der Waals surface area contributed by atoms with E-state index in [0.717, 1.165) is 6.29 Å². The van der Waals surface area contributed by atoms with Crippen LogP contribution in [0.5, 0.6) is 0 Å². The summed E-state index contributed by atoms with van der Waals surface area (Å²) in [5.41, 5.74) is -0.501. The van der Waals surface area contributed by atoms with Gasteiger partial charge in [0.05, 0.1) is 6.61 Å². The number of nitrogens with one attached hydrogen (secondary N) is 2. The van der Waals surface area contributed by atoms with Crippen LogP contribution >= 0.6 is 0 Å². The maximum absolute atomic E-state index is 11.3. The van der Waals surface area contributed by atoms with Gasteiger partial charge in [-0.3, -0.25) is 4.79 Å². The second kappa shape index (κ2) is 8.20. The smallest absolute Gasteiger partial charge is 0.222 e. The van der Waals surface area contributed by atoms with Crippen molar-refractivity contribution >= 4 is 12.2 Å². The van der Waals surface area contributed by atoms with Crippen LogP contribution in [0.3, 0.4) is 0 Å². The molecule has 0 radical (unpaired) electrons. The van der Waals surface area contributed by atoms with Gasteiger partial charge in [0, 0.05) is 31.0 Å². The van der Waals surface area contributed by atoms with Crippen molar-refractivity contribution in [2.24, 2.45) is 11.3 Å². The Labute approximate surface area is 103 Å². The van der Waals surface area contributed by atoms with Gasteiger partial charge in [-0.25, -0.2) is 0 Å². The predicted octanol–water partition coefficient (Wildman–Crippen LogP) is -0.0642. The quantitative estimate of drug-likeness (QED) is 0.392. The molecule has 1 atom stereocenters. The molecule has 3 N–H and O–H groups in total. The van der Waals surface area contributed by atoms with Crippen LogP contribution in [0.1, 0.15) is 27.2 Å². The second-order valence-corrected chi connectivity index (χ2v) is 4.87. The number of hydrogen-bond acceptors (Lipinski definition) is 4. The Morgan fingerprint density at radius 1 is 1.41 bits per heavy atom. The minimum Gasteiger partial charge on any atom is -0.395 e. The Morgan fingerprint density at radius 3 is 2.53 bits per heavy atom. The lowest BCUT2D eigenvalue weighted by Gasteiger charge is -2.23. The largest absolute Gasteiger partial charge is 0.395 e. The minimum atomic E-state index is -0.501. The van der Waals surface area contributed by atoms with Crippen molar-refractivity contribution in [3.8, 4) is 0 Å². The molecule has 0 aromatic carbocycles. The van der Waals surface area contributed by atoms with E-state index in [0.29, 0.717) is 26.1 Å². The Balaban J connectivity index is 3.94. The Bertz CT molecular complexity index is 244. The van der Waals surface area contributed by atoms with Crippen molar-refractivity contribution < 1.29 is 14.7 Å². The number of aldehydes is 1. The van der Waals surface area contributed by atoms with Gasteiger partial charge in [0.25, 0.3) is 0 Å². The standard InChI is InChI=1S/C12H24N2O3/c1-10(2)11(17)14-5-4-12(3,9-16)8-13-6-7-15/h9-10,13,15H,4-8H2,1-3H3,(H,14,17). The number of rotatable bonds is 9. The third-order valence-corrected chi connectivity index (χ3v) is 2.62. The van der Waals surface area contributed by atoms with Crippen LogP contribution in [0.25, 0.3) is 0 Å². The van der Waals surface area contributed by atoms with Crippen LogP contribution in [0.4, 0.5) is 0 Å². The molecule has 0 aromatic heterocycles. The van der Waals surface area contributed by atoms with Crippen molar-refractivity contribution in [3.63, 3.8) is 0 Å². The molecule has 5 heteroatoms. The second-order valence-electron chi connectivity index (χ2n) is 4.87. The molecule has 0 heterocycles. The molecule has 17 heavy (non-hydrogen) atoms. The van der Waals surface area contributed by atoms with Gasteiger partial charge in [0.2, 0.25) is 5.91 Å². The Kier molecular flexibility index (Phi) is 7.74. The van der Waals surface area contributed by atoms with Crippen LogP contribution in [-0.2, 0) is 9.59 Å². The molecule has 1 unspecified atom stereocenters. The monoisotopic (exact) mass is 244 g/mol. The molecule has 100 valence electrons. The summed E-state index contributed by atoms with van der Waals surface area (Å²) in [5, 5.41) is 14.4. The van der Waals surface area contributed by atoms with Crippen molar-refractivity contribution in [2.75, 3.05) is 26.2 Å². The van der Waals surface area contributed by atoms with Crippen molar-refractivity contribution in [2.45, 2.75) is 27.2 Å². The molecule has 0 aliphatic heterocycles. The van der Waals surface area contributed by atoms with Crippen molar-refractivity contribution in [1.29, 1.82) is 0 Å². The number of carbonyl (C=O) groups is 2. The van der Waals surface area contributed by atoms with Crippen LogP contribution < -0.4 is 10.6 Å². The van der Waals surface area contributed by atoms with Gasteiger partial charge >= 0.3 is 0 Å². The highest BCUT2D eigenvalue weighted by atomic mass is 16.3. The van der Waals surface area contributed by atoms with E-state index in [9.17, 15) is 9.59 Å². The lowest BCUT2D eigenvalue weighted by Crippen LogP contribution is -2.38. The van der Waals surface area contributed by atoms with Crippen LogP contribution in [-0.4, -0.2) is 43.5 Å². The average Bonchev–Trinajstić information content (AvgIpc) is 2.29. The first-order chi connectivity index (χ1) is 7.95. The fourth-order valence-corrected chi connectivity index (χ4v) is 1.32. The maximum atomic E-state index is 11.3. The van der Waals surface area contributed by atoms with Crippen molar-refractivity contribution in [3.05, 3.63) is 0 Å². The SMILES string of the molecule is CC(C)C(=O)NCCC(C)(C=O)CNCCO. The molecule has 5 nitrogen and oxygen atoms in total. The van der Waals surface area contributed by atoms with E-state index in [-0.39, 0.29) is 18.4 Å². The highest BCUT2D eigenvalue weighted by Crippen LogP contribution is 2.16. The van der Waals surface area contributed by atoms with E-state index in [1.807, 2.05) is 20.8 Å². The first-order valence-corrected chi connectivity index (χ1v) is 6.01. The fourth-order valence-electron chi connectivity index (χ4n) is 1.32. The summed E-state index contributed by atoms with van der Waals surface area (Å²) in [6, 6.07) is 0. The molecule has 0 bridgehead atoms. The highest BCUT2D eigenvalue weighted by molar-refractivity contribution is 5.77.